The molecule has 1 atom stereocenters. The summed E-state index contributed by atoms with van der Waals surface area (Å²) in [4.78, 5) is 14.9. The first-order valence-electron chi connectivity index (χ1n) is 7.64. The second-order valence-corrected chi connectivity index (χ2v) is 6.27. The molecule has 0 aliphatic carbocycles. The Morgan fingerprint density at radius 3 is 2.83 bits per heavy atom. The summed E-state index contributed by atoms with van der Waals surface area (Å²) in [5.74, 6) is 1.47. The number of nitrogens with zero attached hydrogens (tertiary/aromatic N) is 4. The van der Waals surface area contributed by atoms with Gasteiger partial charge in [0, 0.05) is 35.3 Å². The molecule has 3 N–H and O–H groups in total. The molecule has 0 bridgehead atoms. The predicted octanol–water partition coefficient (Wildman–Crippen LogP) is 1.83. The minimum atomic E-state index is -0.138. The Morgan fingerprint density at radius 1 is 1.42 bits per heavy atom. The molecule has 1 unspecified atom stereocenters. The van der Waals surface area contributed by atoms with Crippen LogP contribution in [0.15, 0.2) is 6.20 Å². The maximum Gasteiger partial charge on any atom is 0.223 e. The number of aliphatic hydroxyl groups excluding tert-OH is 1. The van der Waals surface area contributed by atoms with Crippen molar-refractivity contribution in [3.63, 3.8) is 0 Å². The molecule has 2 aromatic heterocycles. The van der Waals surface area contributed by atoms with Gasteiger partial charge in [0.15, 0.2) is 0 Å². The fraction of sp³-hybridized carbons (Fsp3) is 0.438. The first kappa shape index (κ1) is 16.7. The monoisotopic (exact) mass is 349 g/mol. The molecular formula is C16H20ClN5O2. The van der Waals surface area contributed by atoms with E-state index in [-0.39, 0.29) is 18.5 Å². The molecule has 1 aliphatic heterocycles. The molecular weight excluding hydrogens is 330 g/mol. The Hall–Kier alpha value is -2.12. The van der Waals surface area contributed by atoms with E-state index in [1.807, 2.05) is 18.7 Å². The maximum absolute atomic E-state index is 9.66. The zero-order valence-electron chi connectivity index (χ0n) is 13.9. The van der Waals surface area contributed by atoms with Gasteiger partial charge < -0.3 is 20.5 Å². The second kappa shape index (κ2) is 6.41. The van der Waals surface area contributed by atoms with Crippen LogP contribution in [0.3, 0.4) is 0 Å². The molecule has 7 nitrogen and oxygen atoms in total. The van der Waals surface area contributed by atoms with Crippen molar-refractivity contribution < 1.29 is 9.84 Å². The number of aliphatic hydroxyl groups is 1. The van der Waals surface area contributed by atoms with Crippen LogP contribution >= 0.6 is 11.6 Å². The van der Waals surface area contributed by atoms with Crippen LogP contribution < -0.4 is 15.4 Å². The minimum Gasteiger partial charge on any atom is -0.496 e. The lowest BCUT2D eigenvalue weighted by atomic mass is 10.1. The van der Waals surface area contributed by atoms with E-state index >= 15 is 0 Å². The highest BCUT2D eigenvalue weighted by molar-refractivity contribution is 6.30. The van der Waals surface area contributed by atoms with E-state index in [1.54, 1.807) is 13.3 Å². The van der Waals surface area contributed by atoms with Crippen molar-refractivity contribution in [2.45, 2.75) is 26.3 Å². The van der Waals surface area contributed by atoms with Gasteiger partial charge in [0.25, 0.3) is 0 Å². The highest BCUT2D eigenvalue weighted by Crippen LogP contribution is 2.40. The third-order valence-electron chi connectivity index (χ3n) is 4.36. The van der Waals surface area contributed by atoms with Gasteiger partial charge >= 0.3 is 0 Å². The number of methoxy groups -OCH3 is 1. The normalized spacial score (nSPS) is 16.4. The number of nitrogen functional groups attached to an aromatic ring is 1. The molecule has 3 heterocycles. The summed E-state index contributed by atoms with van der Waals surface area (Å²) in [5.41, 5.74) is 9.34. The number of halogens is 1. The van der Waals surface area contributed by atoms with Gasteiger partial charge in [-0.25, -0.2) is 4.98 Å². The summed E-state index contributed by atoms with van der Waals surface area (Å²) in [7, 11) is 1.65. The average Bonchev–Trinajstić information content (AvgIpc) is 2.88. The zero-order chi connectivity index (χ0) is 17.4. The van der Waals surface area contributed by atoms with Crippen LogP contribution in [0.25, 0.3) is 0 Å². The summed E-state index contributed by atoms with van der Waals surface area (Å²) < 4.78 is 5.47. The molecule has 0 saturated carbocycles. The van der Waals surface area contributed by atoms with E-state index in [9.17, 15) is 5.11 Å². The molecule has 1 aliphatic rings. The van der Waals surface area contributed by atoms with Crippen molar-refractivity contribution in [1.82, 2.24) is 15.0 Å². The van der Waals surface area contributed by atoms with Crippen LogP contribution in [0, 0.1) is 13.8 Å². The fourth-order valence-electron chi connectivity index (χ4n) is 3.18. The molecule has 24 heavy (non-hydrogen) atoms. The molecule has 2 aromatic rings. The summed E-state index contributed by atoms with van der Waals surface area (Å²) >= 11 is 6.21. The third kappa shape index (κ3) is 2.74. The van der Waals surface area contributed by atoms with Crippen molar-refractivity contribution in [3.05, 3.63) is 33.7 Å². The Labute approximate surface area is 145 Å². The van der Waals surface area contributed by atoms with Crippen LogP contribution in [0.4, 0.5) is 11.8 Å². The number of hydrogen-bond donors (Lipinski definition) is 2. The number of nitrogens with two attached hydrogens (primary N) is 1. The van der Waals surface area contributed by atoms with Crippen LogP contribution in [-0.2, 0) is 6.54 Å². The number of aromatic nitrogens is 3. The van der Waals surface area contributed by atoms with Crippen LogP contribution in [0.5, 0.6) is 5.75 Å². The lowest BCUT2D eigenvalue weighted by Crippen LogP contribution is -2.24. The van der Waals surface area contributed by atoms with Gasteiger partial charge in [-0.15, -0.1) is 0 Å². The molecule has 0 amide bonds. The lowest BCUT2D eigenvalue weighted by molar-refractivity contribution is 0.270. The molecule has 8 heteroatoms. The molecule has 0 aromatic carbocycles. The number of fused-ring (bicyclic) bond motifs is 1. The lowest BCUT2D eigenvalue weighted by Gasteiger charge is -2.20. The van der Waals surface area contributed by atoms with Crippen molar-refractivity contribution in [2.75, 3.05) is 30.9 Å². The van der Waals surface area contributed by atoms with E-state index in [1.165, 1.54) is 0 Å². The van der Waals surface area contributed by atoms with E-state index < -0.39 is 0 Å². The summed E-state index contributed by atoms with van der Waals surface area (Å²) in [6.07, 6.45) is 1.79. The largest absolute Gasteiger partial charge is 0.496 e. The smallest absolute Gasteiger partial charge is 0.223 e. The van der Waals surface area contributed by atoms with E-state index in [4.69, 9.17) is 22.1 Å². The Morgan fingerprint density at radius 2 is 2.17 bits per heavy atom. The Bertz CT molecular complexity index is 784. The number of anilines is 2. The number of ether oxygens (including phenoxy) is 1. The fourth-order valence-corrected chi connectivity index (χ4v) is 3.51. The molecule has 3 rings (SSSR count). The van der Waals surface area contributed by atoms with Gasteiger partial charge in [0.05, 0.1) is 26.0 Å². The van der Waals surface area contributed by atoms with E-state index in [0.717, 1.165) is 28.1 Å². The standard InChI is InChI=1S/C16H20ClN5O2/c1-8-4-19-11(9(2)13(8)24-3)6-22-5-10(7-23)12-14(17)20-16(18)21-15(12)22/h4,10,23H,5-7H2,1-3H3,(H2,18,20,21). The predicted molar refractivity (Wildman–Crippen MR) is 92.6 cm³/mol. The van der Waals surface area contributed by atoms with Gasteiger partial charge in [0.1, 0.15) is 16.7 Å². The van der Waals surface area contributed by atoms with Gasteiger partial charge in [-0.05, 0) is 13.8 Å². The van der Waals surface area contributed by atoms with Crippen LogP contribution in [0.1, 0.15) is 28.3 Å². The number of pyridine rings is 1. The number of hydrogen-bond acceptors (Lipinski definition) is 7. The van der Waals surface area contributed by atoms with Crippen LogP contribution in [-0.4, -0.2) is 40.3 Å². The highest BCUT2D eigenvalue weighted by atomic mass is 35.5. The first-order valence-corrected chi connectivity index (χ1v) is 8.01. The van der Waals surface area contributed by atoms with Gasteiger partial charge in [-0.2, -0.15) is 4.98 Å². The average molecular weight is 350 g/mol. The topological polar surface area (TPSA) is 97.4 Å². The summed E-state index contributed by atoms with van der Waals surface area (Å²) in [6.45, 7) is 5.03. The Kier molecular flexibility index (Phi) is 4.47. The highest BCUT2D eigenvalue weighted by Gasteiger charge is 2.33. The van der Waals surface area contributed by atoms with Crippen molar-refractivity contribution in [2.24, 2.45) is 0 Å². The van der Waals surface area contributed by atoms with Crippen molar-refractivity contribution in [1.29, 1.82) is 0 Å². The van der Waals surface area contributed by atoms with Crippen LogP contribution in [0.2, 0.25) is 5.15 Å². The van der Waals surface area contributed by atoms with Crippen molar-refractivity contribution in [3.8, 4) is 5.75 Å². The summed E-state index contributed by atoms with van der Waals surface area (Å²) in [6, 6.07) is 0. The third-order valence-corrected chi connectivity index (χ3v) is 4.64. The van der Waals surface area contributed by atoms with Gasteiger partial charge in [-0.1, -0.05) is 11.6 Å². The second-order valence-electron chi connectivity index (χ2n) is 5.92. The van der Waals surface area contributed by atoms with Crippen molar-refractivity contribution >= 4 is 23.4 Å². The molecule has 0 saturated heterocycles. The van der Waals surface area contributed by atoms with Gasteiger partial charge in [-0.3, -0.25) is 4.98 Å². The molecule has 128 valence electrons. The zero-order valence-corrected chi connectivity index (χ0v) is 14.6. The van der Waals surface area contributed by atoms with Gasteiger partial charge in [0.2, 0.25) is 5.95 Å². The molecule has 0 spiro atoms. The molecule has 0 radical (unpaired) electrons. The first-order chi connectivity index (χ1) is 11.5. The maximum atomic E-state index is 9.66. The minimum absolute atomic E-state index is 0.0277. The number of rotatable bonds is 4. The van der Waals surface area contributed by atoms with E-state index in [0.29, 0.717) is 24.1 Å². The number of aryl methyl sites for hydroxylation is 1. The SMILES string of the molecule is COc1c(C)cnc(CN2CC(CO)c3c(Cl)nc(N)nc32)c1C. The summed E-state index contributed by atoms with van der Waals surface area (Å²) in [5, 5.41) is 9.95. The van der Waals surface area contributed by atoms with E-state index in [2.05, 4.69) is 15.0 Å². The Balaban J connectivity index is 1.99. The quantitative estimate of drug-likeness (QED) is 0.812. The molecule has 0 fully saturated rings.